The molecule has 1 aromatic heterocycles. The van der Waals surface area contributed by atoms with Crippen molar-refractivity contribution in [3.05, 3.63) is 17.0 Å². The van der Waals surface area contributed by atoms with Crippen LogP contribution in [-0.4, -0.2) is 27.7 Å². The van der Waals surface area contributed by atoms with Gasteiger partial charge in [-0.25, -0.2) is 9.97 Å². The molecule has 1 unspecified atom stereocenters. The maximum Gasteiger partial charge on any atom is 0.137 e. The van der Waals surface area contributed by atoms with Crippen LogP contribution in [0.25, 0.3) is 0 Å². The van der Waals surface area contributed by atoms with Gasteiger partial charge in [-0.1, -0.05) is 38.3 Å². The standard InChI is InChI=1S/C12H20ClN3O/c1-3-5-9(17)7-14-12-10(6-4-2)11(13)15-8-16-12/h8-9,17H,3-7H2,1-2H3,(H,14,15,16). The van der Waals surface area contributed by atoms with Crippen LogP contribution in [0, 0.1) is 0 Å². The van der Waals surface area contributed by atoms with Crippen molar-refractivity contribution in [2.45, 2.75) is 45.6 Å². The molecule has 0 aliphatic carbocycles. The van der Waals surface area contributed by atoms with E-state index in [9.17, 15) is 5.11 Å². The Morgan fingerprint density at radius 1 is 1.35 bits per heavy atom. The van der Waals surface area contributed by atoms with Crippen molar-refractivity contribution in [3.8, 4) is 0 Å². The number of anilines is 1. The number of nitrogens with zero attached hydrogens (tertiary/aromatic N) is 2. The van der Waals surface area contributed by atoms with Crippen LogP contribution in [0.5, 0.6) is 0 Å². The third-order valence-electron chi connectivity index (χ3n) is 2.52. The van der Waals surface area contributed by atoms with Crippen molar-refractivity contribution in [2.75, 3.05) is 11.9 Å². The quantitative estimate of drug-likeness (QED) is 0.738. The lowest BCUT2D eigenvalue weighted by Gasteiger charge is -2.14. The minimum absolute atomic E-state index is 0.344. The average Bonchev–Trinajstić information content (AvgIpc) is 2.30. The fourth-order valence-corrected chi connectivity index (χ4v) is 1.89. The van der Waals surface area contributed by atoms with Gasteiger partial charge in [0.25, 0.3) is 0 Å². The third kappa shape index (κ3) is 4.48. The van der Waals surface area contributed by atoms with Gasteiger partial charge >= 0.3 is 0 Å². The molecule has 0 aliphatic rings. The van der Waals surface area contributed by atoms with Crippen LogP contribution in [0.4, 0.5) is 5.82 Å². The fraction of sp³-hybridized carbons (Fsp3) is 0.667. The van der Waals surface area contributed by atoms with Gasteiger partial charge < -0.3 is 10.4 Å². The summed E-state index contributed by atoms with van der Waals surface area (Å²) >= 11 is 6.03. The van der Waals surface area contributed by atoms with E-state index in [2.05, 4.69) is 22.2 Å². The number of rotatable bonds is 7. The molecule has 0 amide bonds. The van der Waals surface area contributed by atoms with E-state index < -0.39 is 0 Å². The molecule has 96 valence electrons. The van der Waals surface area contributed by atoms with Crippen molar-refractivity contribution in [1.82, 2.24) is 9.97 Å². The van der Waals surface area contributed by atoms with Crippen molar-refractivity contribution >= 4 is 17.4 Å². The molecule has 0 fully saturated rings. The molecule has 0 spiro atoms. The topological polar surface area (TPSA) is 58.0 Å². The first kappa shape index (κ1) is 14.2. The minimum atomic E-state index is -0.344. The van der Waals surface area contributed by atoms with Gasteiger partial charge in [-0.3, -0.25) is 0 Å². The Kier molecular flexibility index (Phi) is 6.22. The van der Waals surface area contributed by atoms with Crippen LogP contribution in [0.3, 0.4) is 0 Å². The van der Waals surface area contributed by atoms with Crippen molar-refractivity contribution in [2.24, 2.45) is 0 Å². The summed E-state index contributed by atoms with van der Waals surface area (Å²) < 4.78 is 0. The molecule has 1 atom stereocenters. The molecular weight excluding hydrogens is 238 g/mol. The van der Waals surface area contributed by atoms with Gasteiger partial charge in [-0.15, -0.1) is 0 Å². The summed E-state index contributed by atoms with van der Waals surface area (Å²) in [6, 6.07) is 0. The second-order valence-corrected chi connectivity index (χ2v) is 4.42. The number of halogens is 1. The molecule has 0 saturated heterocycles. The average molecular weight is 258 g/mol. The molecule has 4 nitrogen and oxygen atoms in total. The Morgan fingerprint density at radius 2 is 2.12 bits per heavy atom. The molecule has 1 heterocycles. The lowest BCUT2D eigenvalue weighted by atomic mass is 10.1. The Balaban J connectivity index is 2.66. The van der Waals surface area contributed by atoms with Crippen LogP contribution in [-0.2, 0) is 6.42 Å². The molecule has 2 N–H and O–H groups in total. The molecule has 0 radical (unpaired) electrons. The number of aromatic nitrogens is 2. The van der Waals surface area contributed by atoms with Gasteiger partial charge in [-0.05, 0) is 12.8 Å². The van der Waals surface area contributed by atoms with Gasteiger partial charge in [-0.2, -0.15) is 0 Å². The molecule has 5 heteroatoms. The number of aliphatic hydroxyl groups excluding tert-OH is 1. The molecule has 0 saturated carbocycles. The predicted octanol–water partition coefficient (Wildman–Crippen LogP) is 2.66. The molecule has 1 rings (SSSR count). The van der Waals surface area contributed by atoms with Crippen LogP contribution >= 0.6 is 11.6 Å². The zero-order valence-electron chi connectivity index (χ0n) is 10.4. The number of nitrogens with one attached hydrogen (secondary N) is 1. The van der Waals surface area contributed by atoms with Crippen LogP contribution < -0.4 is 5.32 Å². The van der Waals surface area contributed by atoms with Gasteiger partial charge in [0.1, 0.15) is 17.3 Å². The second kappa shape index (κ2) is 7.45. The first-order chi connectivity index (χ1) is 8.19. The summed E-state index contributed by atoms with van der Waals surface area (Å²) in [6.07, 6.45) is 4.67. The lowest BCUT2D eigenvalue weighted by molar-refractivity contribution is 0.176. The van der Waals surface area contributed by atoms with Crippen LogP contribution in [0.2, 0.25) is 5.15 Å². The highest BCUT2D eigenvalue weighted by Gasteiger charge is 2.10. The smallest absolute Gasteiger partial charge is 0.137 e. The Labute approximate surface area is 107 Å². The highest BCUT2D eigenvalue weighted by atomic mass is 35.5. The van der Waals surface area contributed by atoms with E-state index in [1.807, 2.05) is 6.92 Å². The summed E-state index contributed by atoms with van der Waals surface area (Å²) in [5, 5.41) is 13.3. The number of hydrogen-bond acceptors (Lipinski definition) is 4. The van der Waals surface area contributed by atoms with E-state index in [0.717, 1.165) is 37.1 Å². The fourth-order valence-electron chi connectivity index (χ4n) is 1.66. The molecule has 0 aliphatic heterocycles. The largest absolute Gasteiger partial charge is 0.391 e. The summed E-state index contributed by atoms with van der Waals surface area (Å²) in [7, 11) is 0. The van der Waals surface area contributed by atoms with Gasteiger partial charge in [0, 0.05) is 12.1 Å². The first-order valence-electron chi connectivity index (χ1n) is 6.10. The molecule has 17 heavy (non-hydrogen) atoms. The number of hydrogen-bond donors (Lipinski definition) is 2. The third-order valence-corrected chi connectivity index (χ3v) is 2.85. The summed E-state index contributed by atoms with van der Waals surface area (Å²) in [6.45, 7) is 4.63. The summed E-state index contributed by atoms with van der Waals surface area (Å²) in [4.78, 5) is 8.15. The SMILES string of the molecule is CCCc1c(Cl)ncnc1NCC(O)CCC. The minimum Gasteiger partial charge on any atom is -0.391 e. The maximum atomic E-state index is 9.66. The van der Waals surface area contributed by atoms with E-state index in [-0.39, 0.29) is 6.10 Å². The van der Waals surface area contributed by atoms with Crippen molar-refractivity contribution in [1.29, 1.82) is 0 Å². The van der Waals surface area contributed by atoms with E-state index >= 15 is 0 Å². The highest BCUT2D eigenvalue weighted by molar-refractivity contribution is 6.30. The maximum absolute atomic E-state index is 9.66. The molecular formula is C12H20ClN3O. The number of aliphatic hydroxyl groups is 1. The Hall–Kier alpha value is -0.870. The van der Waals surface area contributed by atoms with Crippen molar-refractivity contribution in [3.63, 3.8) is 0 Å². The lowest BCUT2D eigenvalue weighted by Crippen LogP contribution is -2.20. The second-order valence-electron chi connectivity index (χ2n) is 4.07. The van der Waals surface area contributed by atoms with Crippen LogP contribution in [0.15, 0.2) is 6.33 Å². The van der Waals surface area contributed by atoms with E-state index in [1.54, 1.807) is 0 Å². The summed E-state index contributed by atoms with van der Waals surface area (Å²) in [5.41, 5.74) is 0.931. The van der Waals surface area contributed by atoms with E-state index in [4.69, 9.17) is 11.6 Å². The Bertz CT molecular complexity index is 347. The zero-order valence-corrected chi connectivity index (χ0v) is 11.2. The summed E-state index contributed by atoms with van der Waals surface area (Å²) in [5.74, 6) is 0.738. The van der Waals surface area contributed by atoms with Crippen molar-refractivity contribution < 1.29 is 5.11 Å². The van der Waals surface area contributed by atoms with Crippen LogP contribution in [0.1, 0.15) is 38.7 Å². The highest BCUT2D eigenvalue weighted by Crippen LogP contribution is 2.21. The monoisotopic (exact) mass is 257 g/mol. The zero-order chi connectivity index (χ0) is 12.7. The first-order valence-corrected chi connectivity index (χ1v) is 6.48. The molecule has 0 aromatic carbocycles. The van der Waals surface area contributed by atoms with Gasteiger partial charge in [0.2, 0.25) is 0 Å². The van der Waals surface area contributed by atoms with E-state index in [1.165, 1.54) is 6.33 Å². The van der Waals surface area contributed by atoms with Gasteiger partial charge in [0.15, 0.2) is 0 Å². The van der Waals surface area contributed by atoms with Gasteiger partial charge in [0.05, 0.1) is 6.10 Å². The Morgan fingerprint density at radius 3 is 2.76 bits per heavy atom. The normalized spacial score (nSPS) is 12.5. The van der Waals surface area contributed by atoms with E-state index in [0.29, 0.717) is 11.7 Å². The molecule has 1 aromatic rings. The predicted molar refractivity (Wildman–Crippen MR) is 70.4 cm³/mol. The molecule has 0 bridgehead atoms.